The van der Waals surface area contributed by atoms with E-state index in [1.807, 2.05) is 13.8 Å². The number of nitrogens with one attached hydrogen (secondary N) is 2. The van der Waals surface area contributed by atoms with Crippen molar-refractivity contribution in [1.29, 1.82) is 0 Å². The van der Waals surface area contributed by atoms with Gasteiger partial charge in [-0.2, -0.15) is 0 Å². The predicted molar refractivity (Wildman–Crippen MR) is 124 cm³/mol. The quantitative estimate of drug-likeness (QED) is 0.518. The highest BCUT2D eigenvalue weighted by Gasteiger charge is 2.14. The number of H-pyrrole nitrogens is 1. The number of nitrogens with zero attached hydrogens (tertiary/aromatic N) is 3. The number of benzene rings is 1. The average Bonchev–Trinajstić information content (AvgIpc) is 2.84. The first-order valence-corrected chi connectivity index (χ1v) is 11.4. The second-order valence-corrected chi connectivity index (χ2v) is 7.96. The van der Waals surface area contributed by atoms with E-state index >= 15 is 0 Å². The predicted octanol–water partition coefficient (Wildman–Crippen LogP) is 1.40. The van der Waals surface area contributed by atoms with Crippen LogP contribution in [0.4, 0.5) is 0 Å². The molecule has 1 saturated heterocycles. The fourth-order valence-corrected chi connectivity index (χ4v) is 3.36. The molecule has 1 amide bonds. The number of methoxy groups -OCH3 is 1. The van der Waals surface area contributed by atoms with Crippen molar-refractivity contribution >= 4 is 5.91 Å². The van der Waals surface area contributed by atoms with Gasteiger partial charge in [0.15, 0.2) is 17.3 Å². The van der Waals surface area contributed by atoms with Crippen LogP contribution in [0.25, 0.3) is 11.4 Å². The number of carbonyl (C=O) groups excluding carboxylic acids is 1. The molecule has 3 rings (SSSR count). The highest BCUT2D eigenvalue weighted by molar-refractivity contribution is 5.76. The van der Waals surface area contributed by atoms with Gasteiger partial charge >= 0.3 is 0 Å². The summed E-state index contributed by atoms with van der Waals surface area (Å²) in [7, 11) is 1.56. The first-order chi connectivity index (χ1) is 16.0. The number of aromatic amines is 1. The summed E-state index contributed by atoms with van der Waals surface area (Å²) in [5.74, 6) is 1.39. The van der Waals surface area contributed by atoms with Crippen LogP contribution in [0.15, 0.2) is 23.0 Å². The summed E-state index contributed by atoms with van der Waals surface area (Å²) in [6.07, 6.45) is 1.32. The highest BCUT2D eigenvalue weighted by atomic mass is 16.5. The summed E-state index contributed by atoms with van der Waals surface area (Å²) in [4.78, 5) is 29.6. The maximum Gasteiger partial charge on any atom is 0.273 e. The van der Waals surface area contributed by atoms with Gasteiger partial charge in [0.2, 0.25) is 5.91 Å². The molecule has 0 radical (unpaired) electrons. The van der Waals surface area contributed by atoms with Crippen molar-refractivity contribution in [3.05, 3.63) is 34.2 Å². The standard InChI is InChI=1S/C23H33N5O5/c1-4-16(2)33-19-7-5-17(15-20(19)31-3)22-25-23(30)18(26-27-22)6-8-21(29)24-9-10-28-11-13-32-14-12-28/h5,7,15-16H,4,6,8-14H2,1-3H3,(H,24,29)(H,25,27,30)/t16-/m0/s1. The zero-order valence-electron chi connectivity index (χ0n) is 19.6. The lowest BCUT2D eigenvalue weighted by molar-refractivity contribution is -0.121. The van der Waals surface area contributed by atoms with Crippen LogP contribution in [0.2, 0.25) is 0 Å². The molecule has 10 nitrogen and oxygen atoms in total. The minimum Gasteiger partial charge on any atom is -0.493 e. The Hall–Kier alpha value is -2.98. The second kappa shape index (κ2) is 12.3. The number of amides is 1. The molecule has 1 fully saturated rings. The smallest absolute Gasteiger partial charge is 0.273 e. The van der Waals surface area contributed by atoms with Crippen molar-refractivity contribution in [2.45, 2.75) is 39.2 Å². The molecule has 2 N–H and O–H groups in total. The van der Waals surface area contributed by atoms with Crippen LogP contribution < -0.4 is 20.3 Å². The Labute approximate surface area is 193 Å². The van der Waals surface area contributed by atoms with Crippen LogP contribution in [0.3, 0.4) is 0 Å². The molecule has 1 aromatic carbocycles. The zero-order chi connectivity index (χ0) is 23.6. The Bertz CT molecular complexity index is 974. The molecule has 1 aliphatic heterocycles. The van der Waals surface area contributed by atoms with Crippen molar-refractivity contribution < 1.29 is 19.0 Å². The van der Waals surface area contributed by atoms with Gasteiger partial charge in [-0.15, -0.1) is 10.2 Å². The van der Waals surface area contributed by atoms with Gasteiger partial charge in [-0.3, -0.25) is 14.5 Å². The lowest BCUT2D eigenvalue weighted by atomic mass is 10.2. The molecule has 180 valence electrons. The number of rotatable bonds is 11. The van der Waals surface area contributed by atoms with Crippen molar-refractivity contribution in [3.63, 3.8) is 0 Å². The highest BCUT2D eigenvalue weighted by Crippen LogP contribution is 2.32. The van der Waals surface area contributed by atoms with Gasteiger partial charge in [0.1, 0.15) is 5.69 Å². The molecule has 1 atom stereocenters. The number of carbonyl (C=O) groups is 1. The molecule has 1 aliphatic rings. The molecule has 0 bridgehead atoms. The van der Waals surface area contributed by atoms with Gasteiger partial charge in [-0.25, -0.2) is 0 Å². The number of ether oxygens (including phenoxy) is 3. The number of aryl methyl sites for hydroxylation is 1. The van der Waals surface area contributed by atoms with Gasteiger partial charge < -0.3 is 24.5 Å². The number of hydrogen-bond donors (Lipinski definition) is 2. The molecular weight excluding hydrogens is 426 g/mol. The Balaban J connectivity index is 1.55. The van der Waals surface area contributed by atoms with E-state index in [1.54, 1.807) is 25.3 Å². The largest absolute Gasteiger partial charge is 0.493 e. The third kappa shape index (κ3) is 7.26. The summed E-state index contributed by atoms with van der Waals surface area (Å²) in [5, 5.41) is 11.1. The van der Waals surface area contributed by atoms with Crippen molar-refractivity contribution in [1.82, 2.24) is 25.4 Å². The monoisotopic (exact) mass is 459 g/mol. The summed E-state index contributed by atoms with van der Waals surface area (Å²) < 4.78 is 16.6. The molecule has 0 unspecified atom stereocenters. The number of hydrogen-bond acceptors (Lipinski definition) is 8. The second-order valence-electron chi connectivity index (χ2n) is 7.96. The number of morpholine rings is 1. The first kappa shape index (κ1) is 24.7. The van der Waals surface area contributed by atoms with Crippen LogP contribution in [0.1, 0.15) is 32.4 Å². The SMILES string of the molecule is CC[C@H](C)Oc1ccc(-c2nnc(CCC(=O)NCCN3CCOCC3)c(=O)[nH]2)cc1OC. The molecule has 2 aromatic rings. The van der Waals surface area contributed by atoms with E-state index in [2.05, 4.69) is 25.4 Å². The zero-order valence-corrected chi connectivity index (χ0v) is 19.6. The Kier molecular flexibility index (Phi) is 9.20. The molecular formula is C23H33N5O5. The molecule has 0 aliphatic carbocycles. The average molecular weight is 460 g/mol. The summed E-state index contributed by atoms with van der Waals surface area (Å²) >= 11 is 0. The van der Waals surface area contributed by atoms with Crippen molar-refractivity contribution in [2.24, 2.45) is 0 Å². The van der Waals surface area contributed by atoms with E-state index in [4.69, 9.17) is 14.2 Å². The van der Waals surface area contributed by atoms with Crippen LogP contribution in [0, 0.1) is 0 Å². The molecule has 10 heteroatoms. The Morgan fingerprint density at radius 3 is 2.76 bits per heavy atom. The topological polar surface area (TPSA) is 119 Å². The van der Waals surface area contributed by atoms with E-state index < -0.39 is 0 Å². The van der Waals surface area contributed by atoms with Crippen LogP contribution in [0.5, 0.6) is 11.5 Å². The van der Waals surface area contributed by atoms with Crippen LogP contribution in [-0.4, -0.2) is 78.6 Å². The molecule has 2 heterocycles. The lowest BCUT2D eigenvalue weighted by Gasteiger charge is -2.26. The Morgan fingerprint density at radius 1 is 1.27 bits per heavy atom. The number of aromatic nitrogens is 3. The normalized spacial score (nSPS) is 15.1. The molecule has 1 aromatic heterocycles. The van der Waals surface area contributed by atoms with Gasteiger partial charge in [-0.05, 0) is 31.5 Å². The summed E-state index contributed by atoms with van der Waals surface area (Å²) in [6.45, 7) is 8.61. The van der Waals surface area contributed by atoms with Crippen LogP contribution >= 0.6 is 0 Å². The van der Waals surface area contributed by atoms with Gasteiger partial charge in [0.05, 0.1) is 26.4 Å². The minimum atomic E-state index is -0.361. The van der Waals surface area contributed by atoms with E-state index in [0.29, 0.717) is 29.4 Å². The third-order valence-corrected chi connectivity index (χ3v) is 5.55. The van der Waals surface area contributed by atoms with Crippen molar-refractivity contribution in [2.75, 3.05) is 46.5 Å². The minimum absolute atomic E-state index is 0.0557. The fourth-order valence-electron chi connectivity index (χ4n) is 3.36. The van der Waals surface area contributed by atoms with E-state index in [0.717, 1.165) is 39.3 Å². The van der Waals surface area contributed by atoms with Crippen molar-refractivity contribution in [3.8, 4) is 22.9 Å². The fraction of sp³-hybridized carbons (Fsp3) is 0.565. The van der Waals surface area contributed by atoms with E-state index in [9.17, 15) is 9.59 Å². The summed E-state index contributed by atoms with van der Waals surface area (Å²) in [6, 6.07) is 5.33. The lowest BCUT2D eigenvalue weighted by Crippen LogP contribution is -2.41. The first-order valence-electron chi connectivity index (χ1n) is 11.4. The third-order valence-electron chi connectivity index (χ3n) is 5.55. The maximum absolute atomic E-state index is 12.5. The van der Waals surface area contributed by atoms with Gasteiger partial charge in [0, 0.05) is 44.6 Å². The van der Waals surface area contributed by atoms with Gasteiger partial charge in [-0.1, -0.05) is 6.92 Å². The molecule has 33 heavy (non-hydrogen) atoms. The molecule has 0 saturated carbocycles. The van der Waals surface area contributed by atoms with Gasteiger partial charge in [0.25, 0.3) is 5.56 Å². The van der Waals surface area contributed by atoms with E-state index in [-0.39, 0.29) is 36.1 Å². The van der Waals surface area contributed by atoms with Crippen LogP contribution in [-0.2, 0) is 16.0 Å². The maximum atomic E-state index is 12.5. The van der Waals surface area contributed by atoms with E-state index in [1.165, 1.54) is 0 Å². The Morgan fingerprint density at radius 2 is 2.06 bits per heavy atom. The summed E-state index contributed by atoms with van der Waals surface area (Å²) in [5.41, 5.74) is 0.520. The molecule has 0 spiro atoms.